The fraction of sp³-hybridized carbons (Fsp3) is 0.471. The lowest BCUT2D eigenvalue weighted by Crippen LogP contribution is -2.44. The van der Waals surface area contributed by atoms with Crippen LogP contribution in [0.3, 0.4) is 0 Å². The number of rotatable bonds is 3. The van der Waals surface area contributed by atoms with Gasteiger partial charge in [0.1, 0.15) is 12.5 Å². The normalized spacial score (nSPS) is 23.8. The maximum absolute atomic E-state index is 13.1. The Balaban J connectivity index is 1.83. The lowest BCUT2D eigenvalue weighted by molar-refractivity contribution is -0.140. The van der Waals surface area contributed by atoms with Crippen molar-refractivity contribution in [2.75, 3.05) is 11.6 Å². The van der Waals surface area contributed by atoms with Crippen molar-refractivity contribution < 1.29 is 18.8 Å². The van der Waals surface area contributed by atoms with Crippen molar-refractivity contribution in [3.8, 4) is 0 Å². The highest BCUT2D eigenvalue weighted by atomic mass is 19.1. The minimum absolute atomic E-state index is 0.106. The van der Waals surface area contributed by atoms with E-state index in [9.17, 15) is 18.8 Å². The number of nitrogens with zero attached hydrogens (tertiary/aromatic N) is 2. The molecular weight excluding hydrogens is 299 g/mol. The van der Waals surface area contributed by atoms with E-state index in [1.165, 1.54) is 41.0 Å². The summed E-state index contributed by atoms with van der Waals surface area (Å²) in [5.41, 5.74) is 0.467. The SMILES string of the molecule is CC(=O)N(CN1C(=O)[C@@H]2CCCC[C@H]2C1=O)c1ccc(F)cc1. The summed E-state index contributed by atoms with van der Waals surface area (Å²) in [5, 5.41) is 0. The van der Waals surface area contributed by atoms with Crippen molar-refractivity contribution in [3.63, 3.8) is 0 Å². The molecular formula is C17H19FN2O3. The molecule has 3 amide bonds. The number of imide groups is 1. The van der Waals surface area contributed by atoms with Gasteiger partial charge in [-0.25, -0.2) is 4.39 Å². The summed E-state index contributed by atoms with van der Waals surface area (Å²) in [6.07, 6.45) is 3.40. The summed E-state index contributed by atoms with van der Waals surface area (Å²) in [6.45, 7) is 1.26. The Morgan fingerprint density at radius 2 is 1.65 bits per heavy atom. The standard InChI is InChI=1S/C17H19FN2O3/c1-11(21)19(13-8-6-12(18)7-9-13)10-20-16(22)14-4-2-3-5-15(14)17(20)23/h6-9,14-15H,2-5,10H2,1H3/t14-,15-/m1/s1. The van der Waals surface area contributed by atoms with Crippen molar-refractivity contribution in [1.82, 2.24) is 4.90 Å². The second kappa shape index (κ2) is 6.10. The summed E-state index contributed by atoms with van der Waals surface area (Å²) in [4.78, 5) is 39.4. The molecule has 0 aromatic heterocycles. The zero-order valence-electron chi connectivity index (χ0n) is 13.0. The predicted molar refractivity (Wildman–Crippen MR) is 81.7 cm³/mol. The molecule has 23 heavy (non-hydrogen) atoms. The number of anilines is 1. The van der Waals surface area contributed by atoms with Crippen LogP contribution in [0.4, 0.5) is 10.1 Å². The van der Waals surface area contributed by atoms with Crippen LogP contribution in [0.2, 0.25) is 0 Å². The third kappa shape index (κ3) is 2.85. The van der Waals surface area contributed by atoms with E-state index in [4.69, 9.17) is 0 Å². The Kier molecular flexibility index (Phi) is 4.15. The molecule has 0 spiro atoms. The molecule has 0 bridgehead atoms. The van der Waals surface area contributed by atoms with Gasteiger partial charge in [-0.1, -0.05) is 12.8 Å². The van der Waals surface area contributed by atoms with Crippen molar-refractivity contribution in [2.45, 2.75) is 32.6 Å². The molecule has 1 heterocycles. The molecule has 2 aliphatic rings. The van der Waals surface area contributed by atoms with Crippen LogP contribution in [0.15, 0.2) is 24.3 Å². The van der Waals surface area contributed by atoms with E-state index in [0.717, 1.165) is 25.7 Å². The molecule has 1 aliphatic carbocycles. The fourth-order valence-corrected chi connectivity index (χ4v) is 3.50. The van der Waals surface area contributed by atoms with Crippen LogP contribution >= 0.6 is 0 Å². The quantitative estimate of drug-likeness (QED) is 0.804. The molecule has 122 valence electrons. The zero-order chi connectivity index (χ0) is 16.6. The number of fused-ring (bicyclic) bond motifs is 1. The van der Waals surface area contributed by atoms with Crippen molar-refractivity contribution in [1.29, 1.82) is 0 Å². The van der Waals surface area contributed by atoms with Gasteiger partial charge in [0.05, 0.1) is 11.8 Å². The van der Waals surface area contributed by atoms with Crippen LogP contribution < -0.4 is 4.90 Å². The minimum Gasteiger partial charge on any atom is -0.294 e. The van der Waals surface area contributed by atoms with Crippen LogP contribution in [0.1, 0.15) is 32.6 Å². The largest absolute Gasteiger partial charge is 0.294 e. The number of carbonyl (C=O) groups excluding carboxylic acids is 3. The summed E-state index contributed by atoms with van der Waals surface area (Å²) in [6, 6.07) is 5.43. The summed E-state index contributed by atoms with van der Waals surface area (Å²) in [7, 11) is 0. The number of likely N-dealkylation sites (tertiary alicyclic amines) is 1. The Labute approximate surface area is 134 Å². The lowest BCUT2D eigenvalue weighted by atomic mass is 9.81. The third-order valence-electron chi connectivity index (χ3n) is 4.73. The average molecular weight is 318 g/mol. The van der Waals surface area contributed by atoms with Crippen LogP contribution in [-0.4, -0.2) is 29.3 Å². The van der Waals surface area contributed by atoms with Gasteiger partial charge in [-0.15, -0.1) is 0 Å². The molecule has 1 aromatic carbocycles. The van der Waals surface area contributed by atoms with Gasteiger partial charge in [0.25, 0.3) is 0 Å². The van der Waals surface area contributed by atoms with Gasteiger partial charge < -0.3 is 0 Å². The average Bonchev–Trinajstić information content (AvgIpc) is 2.78. The van der Waals surface area contributed by atoms with Gasteiger partial charge in [-0.05, 0) is 37.1 Å². The molecule has 1 saturated heterocycles. The number of hydrogen-bond acceptors (Lipinski definition) is 3. The highest BCUT2D eigenvalue weighted by Crippen LogP contribution is 2.38. The van der Waals surface area contributed by atoms with E-state index in [1.807, 2.05) is 0 Å². The molecule has 6 heteroatoms. The van der Waals surface area contributed by atoms with Gasteiger partial charge in [-0.2, -0.15) is 0 Å². The second-order valence-corrected chi connectivity index (χ2v) is 6.17. The molecule has 1 saturated carbocycles. The Morgan fingerprint density at radius 3 is 2.13 bits per heavy atom. The summed E-state index contributed by atoms with van der Waals surface area (Å²) < 4.78 is 13.1. The summed E-state index contributed by atoms with van der Waals surface area (Å²) in [5.74, 6) is -1.55. The molecule has 2 fully saturated rings. The van der Waals surface area contributed by atoms with E-state index >= 15 is 0 Å². The van der Waals surface area contributed by atoms with Gasteiger partial charge in [0.2, 0.25) is 17.7 Å². The number of benzene rings is 1. The van der Waals surface area contributed by atoms with E-state index in [1.54, 1.807) is 0 Å². The maximum atomic E-state index is 13.1. The van der Waals surface area contributed by atoms with Crippen molar-refractivity contribution in [3.05, 3.63) is 30.1 Å². The van der Waals surface area contributed by atoms with Crippen molar-refractivity contribution >= 4 is 23.4 Å². The molecule has 0 unspecified atom stereocenters. The van der Waals surface area contributed by atoms with E-state index in [2.05, 4.69) is 0 Å². The monoisotopic (exact) mass is 318 g/mol. The molecule has 1 aromatic rings. The lowest BCUT2D eigenvalue weighted by Gasteiger charge is -2.26. The smallest absolute Gasteiger partial charge is 0.234 e. The van der Waals surface area contributed by atoms with Gasteiger partial charge in [-0.3, -0.25) is 24.2 Å². The maximum Gasteiger partial charge on any atom is 0.234 e. The van der Waals surface area contributed by atoms with Crippen LogP contribution in [0, 0.1) is 17.7 Å². The molecule has 3 rings (SSSR count). The first-order valence-corrected chi connectivity index (χ1v) is 7.88. The zero-order valence-corrected chi connectivity index (χ0v) is 13.0. The number of carbonyl (C=O) groups is 3. The van der Waals surface area contributed by atoms with Crippen molar-refractivity contribution in [2.24, 2.45) is 11.8 Å². The molecule has 5 nitrogen and oxygen atoms in total. The molecule has 1 aliphatic heterocycles. The Morgan fingerprint density at radius 1 is 1.13 bits per heavy atom. The van der Waals surface area contributed by atoms with E-state index < -0.39 is 5.82 Å². The first-order chi connectivity index (χ1) is 11.0. The minimum atomic E-state index is -0.406. The number of hydrogen-bond donors (Lipinski definition) is 0. The highest BCUT2D eigenvalue weighted by Gasteiger charge is 2.48. The van der Waals surface area contributed by atoms with Gasteiger partial charge in [0, 0.05) is 12.6 Å². The first-order valence-electron chi connectivity index (χ1n) is 7.88. The number of amides is 3. The van der Waals surface area contributed by atoms with Crippen LogP contribution in [-0.2, 0) is 14.4 Å². The predicted octanol–water partition coefficient (Wildman–Crippen LogP) is 2.31. The third-order valence-corrected chi connectivity index (χ3v) is 4.73. The summed E-state index contributed by atoms with van der Waals surface area (Å²) >= 11 is 0. The first kappa shape index (κ1) is 15.6. The second-order valence-electron chi connectivity index (χ2n) is 6.17. The van der Waals surface area contributed by atoms with E-state index in [0.29, 0.717) is 5.69 Å². The van der Waals surface area contributed by atoms with Crippen LogP contribution in [0.25, 0.3) is 0 Å². The highest BCUT2D eigenvalue weighted by molar-refractivity contribution is 6.06. The molecule has 0 radical (unpaired) electrons. The number of halogens is 1. The van der Waals surface area contributed by atoms with Gasteiger partial charge >= 0.3 is 0 Å². The topological polar surface area (TPSA) is 57.7 Å². The fourth-order valence-electron chi connectivity index (χ4n) is 3.50. The Hall–Kier alpha value is -2.24. The van der Waals surface area contributed by atoms with Crippen LogP contribution in [0.5, 0.6) is 0 Å². The Bertz CT molecular complexity index is 620. The molecule has 0 N–H and O–H groups in total. The molecule has 2 atom stereocenters. The van der Waals surface area contributed by atoms with Gasteiger partial charge in [0.15, 0.2) is 0 Å². The van der Waals surface area contributed by atoms with E-state index in [-0.39, 0.29) is 36.2 Å².